The molecule has 0 fully saturated rings. The Labute approximate surface area is 184 Å². The van der Waals surface area contributed by atoms with E-state index in [0.29, 0.717) is 25.6 Å². The third-order valence-corrected chi connectivity index (χ3v) is 4.85. The zero-order valence-electron chi connectivity index (χ0n) is 16.7. The standard InChI is InChI=1S/C19H34N4O2S.HI/c1-4-10-19(25,11-5-2)15-23-18(20-6-3)22-13-8-12-21-17(24)16-9-7-14-26-16;/h7,9,14,25H,4-6,8,10-13,15H2,1-3H3,(H,21,24)(H2,20,22,23);1H. The molecule has 0 aliphatic heterocycles. The molecule has 1 amide bonds. The van der Waals surface area contributed by atoms with Gasteiger partial charge in [0.2, 0.25) is 0 Å². The molecule has 1 heterocycles. The molecule has 156 valence electrons. The number of thiophene rings is 1. The molecule has 27 heavy (non-hydrogen) atoms. The molecule has 0 radical (unpaired) electrons. The van der Waals surface area contributed by atoms with Crippen molar-refractivity contribution in [2.24, 2.45) is 4.99 Å². The van der Waals surface area contributed by atoms with Gasteiger partial charge in [-0.25, -0.2) is 0 Å². The van der Waals surface area contributed by atoms with Gasteiger partial charge < -0.3 is 21.1 Å². The van der Waals surface area contributed by atoms with Crippen LogP contribution in [0.4, 0.5) is 0 Å². The van der Waals surface area contributed by atoms with Crippen LogP contribution in [0.2, 0.25) is 0 Å². The van der Waals surface area contributed by atoms with E-state index in [4.69, 9.17) is 0 Å². The van der Waals surface area contributed by atoms with Crippen molar-refractivity contribution in [1.29, 1.82) is 0 Å². The first-order valence-electron chi connectivity index (χ1n) is 9.61. The van der Waals surface area contributed by atoms with Gasteiger partial charge in [-0.05, 0) is 37.6 Å². The molecule has 0 unspecified atom stereocenters. The molecule has 8 heteroatoms. The summed E-state index contributed by atoms with van der Waals surface area (Å²) in [5, 5.41) is 22.0. The number of nitrogens with one attached hydrogen (secondary N) is 3. The fraction of sp³-hybridized carbons (Fsp3) is 0.684. The number of carbonyl (C=O) groups excluding carboxylic acids is 1. The summed E-state index contributed by atoms with van der Waals surface area (Å²) in [7, 11) is 0. The lowest BCUT2D eigenvalue weighted by Crippen LogP contribution is -2.41. The number of amides is 1. The van der Waals surface area contributed by atoms with Crippen molar-refractivity contribution in [3.8, 4) is 0 Å². The summed E-state index contributed by atoms with van der Waals surface area (Å²) >= 11 is 1.44. The van der Waals surface area contributed by atoms with Crippen molar-refractivity contribution in [2.45, 2.75) is 58.5 Å². The zero-order chi connectivity index (χ0) is 19.3. The van der Waals surface area contributed by atoms with Crippen LogP contribution in [0.25, 0.3) is 0 Å². The lowest BCUT2D eigenvalue weighted by atomic mass is 9.93. The monoisotopic (exact) mass is 510 g/mol. The number of halogens is 1. The van der Waals surface area contributed by atoms with Gasteiger partial charge in [0.1, 0.15) is 0 Å². The van der Waals surface area contributed by atoms with E-state index in [1.54, 1.807) is 0 Å². The van der Waals surface area contributed by atoms with Crippen LogP contribution in [0.1, 0.15) is 62.5 Å². The first kappa shape index (κ1) is 26.1. The van der Waals surface area contributed by atoms with Gasteiger partial charge in [0.15, 0.2) is 5.96 Å². The Bertz CT molecular complexity index is 532. The van der Waals surface area contributed by atoms with Gasteiger partial charge in [0, 0.05) is 19.6 Å². The number of rotatable bonds is 12. The summed E-state index contributed by atoms with van der Waals surface area (Å²) in [4.78, 5) is 17.1. The van der Waals surface area contributed by atoms with Gasteiger partial charge in [0.05, 0.1) is 17.0 Å². The Balaban J connectivity index is 0.00000676. The number of carbonyl (C=O) groups is 1. The minimum atomic E-state index is -0.722. The van der Waals surface area contributed by atoms with Crippen molar-refractivity contribution >= 4 is 47.2 Å². The van der Waals surface area contributed by atoms with Gasteiger partial charge in [-0.2, -0.15) is 0 Å². The number of nitrogens with zero attached hydrogens (tertiary/aromatic N) is 1. The Kier molecular flexibility index (Phi) is 14.6. The summed E-state index contributed by atoms with van der Waals surface area (Å²) < 4.78 is 0. The molecule has 6 nitrogen and oxygen atoms in total. The molecular weight excluding hydrogens is 475 g/mol. The fourth-order valence-electron chi connectivity index (χ4n) is 2.77. The normalized spacial score (nSPS) is 11.6. The predicted molar refractivity (Wildman–Crippen MR) is 125 cm³/mol. The van der Waals surface area contributed by atoms with Gasteiger partial charge >= 0.3 is 0 Å². The molecule has 0 bridgehead atoms. The maximum absolute atomic E-state index is 11.9. The Morgan fingerprint density at radius 2 is 1.81 bits per heavy atom. The highest BCUT2D eigenvalue weighted by Crippen LogP contribution is 2.19. The largest absolute Gasteiger partial charge is 0.388 e. The maximum Gasteiger partial charge on any atom is 0.261 e. The SMILES string of the molecule is CCCC(O)(CCC)CN=C(NCC)NCCCNC(=O)c1cccs1.I. The minimum absolute atomic E-state index is 0. The van der Waals surface area contributed by atoms with Crippen LogP contribution in [0.15, 0.2) is 22.5 Å². The smallest absolute Gasteiger partial charge is 0.261 e. The molecule has 0 saturated heterocycles. The molecule has 1 rings (SSSR count). The fourth-order valence-corrected chi connectivity index (χ4v) is 3.41. The van der Waals surface area contributed by atoms with Crippen LogP contribution in [0.3, 0.4) is 0 Å². The van der Waals surface area contributed by atoms with E-state index in [-0.39, 0.29) is 29.9 Å². The van der Waals surface area contributed by atoms with Crippen LogP contribution in [0, 0.1) is 0 Å². The van der Waals surface area contributed by atoms with Crippen molar-refractivity contribution < 1.29 is 9.90 Å². The molecule has 0 aliphatic carbocycles. The second kappa shape index (κ2) is 15.1. The highest BCUT2D eigenvalue weighted by molar-refractivity contribution is 14.0. The summed E-state index contributed by atoms with van der Waals surface area (Å²) in [6.45, 7) is 8.66. The lowest BCUT2D eigenvalue weighted by Gasteiger charge is -2.26. The molecular formula is C19H35IN4O2S. The molecule has 0 saturated carbocycles. The first-order chi connectivity index (χ1) is 12.5. The summed E-state index contributed by atoms with van der Waals surface area (Å²) in [5.41, 5.74) is -0.722. The predicted octanol–water partition coefficient (Wildman–Crippen LogP) is 3.37. The first-order valence-corrected chi connectivity index (χ1v) is 10.5. The number of aliphatic imine (C=N–C) groups is 1. The van der Waals surface area contributed by atoms with E-state index >= 15 is 0 Å². The average molecular weight is 510 g/mol. The van der Waals surface area contributed by atoms with Crippen LogP contribution in [0.5, 0.6) is 0 Å². The van der Waals surface area contributed by atoms with Crippen molar-refractivity contribution in [1.82, 2.24) is 16.0 Å². The average Bonchev–Trinajstić information content (AvgIpc) is 3.14. The lowest BCUT2D eigenvalue weighted by molar-refractivity contribution is 0.0306. The van der Waals surface area contributed by atoms with E-state index in [1.165, 1.54) is 11.3 Å². The van der Waals surface area contributed by atoms with Crippen molar-refractivity contribution in [3.63, 3.8) is 0 Å². The second-order valence-corrected chi connectivity index (χ2v) is 7.38. The molecule has 4 N–H and O–H groups in total. The van der Waals surface area contributed by atoms with Gasteiger partial charge in [-0.15, -0.1) is 35.3 Å². The third-order valence-electron chi connectivity index (χ3n) is 3.98. The van der Waals surface area contributed by atoms with Crippen LogP contribution in [-0.4, -0.2) is 48.8 Å². The zero-order valence-corrected chi connectivity index (χ0v) is 19.9. The third kappa shape index (κ3) is 10.9. The van der Waals surface area contributed by atoms with E-state index in [1.807, 2.05) is 24.4 Å². The molecule has 0 aliphatic rings. The van der Waals surface area contributed by atoms with E-state index in [0.717, 1.165) is 43.5 Å². The second-order valence-electron chi connectivity index (χ2n) is 6.43. The Morgan fingerprint density at radius 1 is 1.15 bits per heavy atom. The van der Waals surface area contributed by atoms with E-state index in [2.05, 4.69) is 34.8 Å². The number of guanidine groups is 1. The molecule has 0 aromatic carbocycles. The number of hydrogen-bond acceptors (Lipinski definition) is 4. The topological polar surface area (TPSA) is 85.8 Å². The van der Waals surface area contributed by atoms with E-state index < -0.39 is 5.60 Å². The number of aliphatic hydroxyl groups is 1. The quantitative estimate of drug-likeness (QED) is 0.150. The van der Waals surface area contributed by atoms with Crippen LogP contribution in [-0.2, 0) is 0 Å². The molecule has 0 spiro atoms. The van der Waals surface area contributed by atoms with Gasteiger partial charge in [0.25, 0.3) is 5.91 Å². The van der Waals surface area contributed by atoms with Crippen molar-refractivity contribution in [2.75, 3.05) is 26.2 Å². The molecule has 1 aromatic heterocycles. The van der Waals surface area contributed by atoms with Gasteiger partial charge in [-0.1, -0.05) is 32.8 Å². The number of hydrogen-bond donors (Lipinski definition) is 4. The highest BCUT2D eigenvalue weighted by atomic mass is 127. The van der Waals surface area contributed by atoms with Crippen molar-refractivity contribution in [3.05, 3.63) is 22.4 Å². The summed E-state index contributed by atoms with van der Waals surface area (Å²) in [6, 6.07) is 3.69. The minimum Gasteiger partial charge on any atom is -0.388 e. The highest BCUT2D eigenvalue weighted by Gasteiger charge is 2.24. The Hall–Kier alpha value is -0.870. The van der Waals surface area contributed by atoms with E-state index in [9.17, 15) is 9.90 Å². The molecule has 1 aromatic rings. The van der Waals surface area contributed by atoms with Crippen LogP contribution < -0.4 is 16.0 Å². The summed E-state index contributed by atoms with van der Waals surface area (Å²) in [6.07, 6.45) is 4.21. The van der Waals surface area contributed by atoms with Crippen LogP contribution >= 0.6 is 35.3 Å². The summed E-state index contributed by atoms with van der Waals surface area (Å²) in [5.74, 6) is 0.687. The van der Waals surface area contributed by atoms with Gasteiger partial charge in [-0.3, -0.25) is 9.79 Å². The Morgan fingerprint density at radius 3 is 2.37 bits per heavy atom. The molecule has 0 atom stereocenters. The maximum atomic E-state index is 11.9.